The van der Waals surface area contributed by atoms with E-state index in [0.717, 1.165) is 8.66 Å². The van der Waals surface area contributed by atoms with Gasteiger partial charge in [0, 0.05) is 25.1 Å². The molecular weight excluding hydrogens is 338 g/mol. The van der Waals surface area contributed by atoms with Crippen molar-refractivity contribution in [3.05, 3.63) is 27.4 Å². The van der Waals surface area contributed by atoms with Crippen LogP contribution in [0.5, 0.6) is 0 Å². The highest BCUT2D eigenvalue weighted by molar-refractivity contribution is 9.11. The Labute approximate surface area is 120 Å². The van der Waals surface area contributed by atoms with Crippen molar-refractivity contribution in [1.29, 1.82) is 0 Å². The standard InChI is InChI=1S/C11H16BrNO3S2/c1-4-5-13(6-7-16-3)18(14,15)10-8-11(12)17-9(10)2/h4,8H,1,5-7H2,2-3H3. The summed E-state index contributed by atoms with van der Waals surface area (Å²) in [6.45, 7) is 6.34. The van der Waals surface area contributed by atoms with Crippen LogP contribution in [0, 0.1) is 6.92 Å². The molecule has 18 heavy (non-hydrogen) atoms. The number of nitrogens with zero attached hydrogens (tertiary/aromatic N) is 1. The molecule has 0 aliphatic heterocycles. The van der Waals surface area contributed by atoms with E-state index in [0.29, 0.717) is 18.0 Å². The van der Waals surface area contributed by atoms with Gasteiger partial charge >= 0.3 is 0 Å². The highest BCUT2D eigenvalue weighted by Crippen LogP contribution is 2.31. The Morgan fingerprint density at radius 3 is 2.72 bits per heavy atom. The maximum atomic E-state index is 12.5. The van der Waals surface area contributed by atoms with Crippen LogP contribution in [-0.2, 0) is 14.8 Å². The second kappa shape index (κ2) is 6.81. The SMILES string of the molecule is C=CCN(CCOC)S(=O)(=O)c1cc(Br)sc1C. The number of hydrogen-bond donors (Lipinski definition) is 0. The number of ether oxygens (including phenoxy) is 1. The van der Waals surface area contributed by atoms with Gasteiger partial charge in [-0.1, -0.05) is 6.08 Å². The van der Waals surface area contributed by atoms with E-state index in [4.69, 9.17) is 4.74 Å². The number of rotatable bonds is 7. The fourth-order valence-corrected chi connectivity index (χ4v) is 5.25. The summed E-state index contributed by atoms with van der Waals surface area (Å²) in [7, 11) is -1.94. The van der Waals surface area contributed by atoms with E-state index in [1.165, 1.54) is 15.6 Å². The quantitative estimate of drug-likeness (QED) is 0.708. The van der Waals surface area contributed by atoms with Crippen LogP contribution in [0.4, 0.5) is 0 Å². The van der Waals surface area contributed by atoms with Gasteiger partial charge in [0.05, 0.1) is 15.3 Å². The molecule has 1 rings (SSSR count). The van der Waals surface area contributed by atoms with Gasteiger partial charge in [0.25, 0.3) is 0 Å². The van der Waals surface area contributed by atoms with Crippen LogP contribution in [0.2, 0.25) is 0 Å². The van der Waals surface area contributed by atoms with Crippen molar-refractivity contribution in [2.24, 2.45) is 0 Å². The Bertz CT molecular complexity index is 510. The van der Waals surface area contributed by atoms with Crippen LogP contribution in [0.25, 0.3) is 0 Å². The lowest BCUT2D eigenvalue weighted by Crippen LogP contribution is -2.34. The first kappa shape index (κ1) is 15.8. The summed E-state index contributed by atoms with van der Waals surface area (Å²) in [5, 5.41) is 0. The summed E-state index contributed by atoms with van der Waals surface area (Å²) < 4.78 is 32.1. The van der Waals surface area contributed by atoms with E-state index < -0.39 is 10.0 Å². The molecule has 4 nitrogen and oxygen atoms in total. The van der Waals surface area contributed by atoms with Crippen LogP contribution in [-0.4, -0.2) is 39.5 Å². The third-order valence-electron chi connectivity index (χ3n) is 2.34. The summed E-state index contributed by atoms with van der Waals surface area (Å²) >= 11 is 4.72. The van der Waals surface area contributed by atoms with Crippen molar-refractivity contribution < 1.29 is 13.2 Å². The van der Waals surface area contributed by atoms with E-state index in [9.17, 15) is 8.42 Å². The normalized spacial score (nSPS) is 12.0. The van der Waals surface area contributed by atoms with E-state index in [-0.39, 0.29) is 6.54 Å². The van der Waals surface area contributed by atoms with E-state index in [2.05, 4.69) is 22.5 Å². The number of sulfonamides is 1. The lowest BCUT2D eigenvalue weighted by atomic mass is 10.5. The van der Waals surface area contributed by atoms with Gasteiger partial charge in [0.15, 0.2) is 0 Å². The second-order valence-electron chi connectivity index (χ2n) is 3.62. The van der Waals surface area contributed by atoms with Gasteiger partial charge < -0.3 is 4.74 Å². The third-order valence-corrected chi connectivity index (χ3v) is 6.01. The zero-order chi connectivity index (χ0) is 13.8. The number of hydrogen-bond acceptors (Lipinski definition) is 4. The van der Waals surface area contributed by atoms with Gasteiger partial charge in [0.1, 0.15) is 0 Å². The Kier molecular flexibility index (Phi) is 6.00. The van der Waals surface area contributed by atoms with E-state index >= 15 is 0 Å². The minimum atomic E-state index is -3.48. The first-order valence-electron chi connectivity index (χ1n) is 5.29. The highest BCUT2D eigenvalue weighted by atomic mass is 79.9. The summed E-state index contributed by atoms with van der Waals surface area (Å²) in [5.41, 5.74) is 0. The predicted octanol–water partition coefficient (Wildman–Crippen LogP) is 2.64. The van der Waals surface area contributed by atoms with Crippen molar-refractivity contribution in [2.75, 3.05) is 26.8 Å². The van der Waals surface area contributed by atoms with Crippen molar-refractivity contribution in [3.8, 4) is 0 Å². The number of halogens is 1. The van der Waals surface area contributed by atoms with Crippen LogP contribution >= 0.6 is 27.3 Å². The summed E-state index contributed by atoms with van der Waals surface area (Å²) in [6.07, 6.45) is 1.57. The van der Waals surface area contributed by atoms with Gasteiger partial charge in [-0.05, 0) is 28.9 Å². The molecule has 0 fully saturated rings. The molecule has 0 saturated carbocycles. The van der Waals surface area contributed by atoms with Gasteiger partial charge in [-0.2, -0.15) is 4.31 Å². The average molecular weight is 354 g/mol. The fraction of sp³-hybridized carbons (Fsp3) is 0.455. The minimum Gasteiger partial charge on any atom is -0.383 e. The van der Waals surface area contributed by atoms with Gasteiger partial charge in [-0.15, -0.1) is 17.9 Å². The molecule has 0 atom stereocenters. The Morgan fingerprint density at radius 2 is 2.28 bits per heavy atom. The van der Waals surface area contributed by atoms with E-state index in [1.54, 1.807) is 26.2 Å². The Morgan fingerprint density at radius 1 is 1.61 bits per heavy atom. The summed E-state index contributed by atoms with van der Waals surface area (Å²) in [4.78, 5) is 1.12. The third kappa shape index (κ3) is 3.64. The molecule has 1 aromatic rings. The second-order valence-corrected chi connectivity index (χ2v) is 8.16. The Hall–Kier alpha value is -0.210. The number of aryl methyl sites for hydroxylation is 1. The lowest BCUT2D eigenvalue weighted by Gasteiger charge is -2.20. The largest absolute Gasteiger partial charge is 0.383 e. The number of thiophene rings is 1. The van der Waals surface area contributed by atoms with Crippen molar-refractivity contribution >= 4 is 37.3 Å². The van der Waals surface area contributed by atoms with Gasteiger partial charge in [-0.3, -0.25) is 0 Å². The van der Waals surface area contributed by atoms with Crippen LogP contribution < -0.4 is 0 Å². The predicted molar refractivity (Wildman–Crippen MR) is 77.6 cm³/mol. The van der Waals surface area contributed by atoms with Crippen molar-refractivity contribution in [2.45, 2.75) is 11.8 Å². The molecule has 0 unspecified atom stereocenters. The van der Waals surface area contributed by atoms with Crippen LogP contribution in [0.1, 0.15) is 4.88 Å². The molecule has 0 amide bonds. The van der Waals surface area contributed by atoms with Gasteiger partial charge in [-0.25, -0.2) is 8.42 Å². The first-order chi connectivity index (χ1) is 8.43. The smallest absolute Gasteiger partial charge is 0.244 e. The average Bonchev–Trinajstić information content (AvgIpc) is 2.64. The lowest BCUT2D eigenvalue weighted by molar-refractivity contribution is 0.182. The molecule has 1 heterocycles. The molecule has 0 saturated heterocycles. The molecule has 1 aromatic heterocycles. The molecule has 0 aliphatic rings. The topological polar surface area (TPSA) is 46.6 Å². The summed E-state index contributed by atoms with van der Waals surface area (Å²) in [6, 6.07) is 1.64. The Balaban J connectivity index is 3.08. The molecule has 0 aliphatic carbocycles. The fourth-order valence-electron chi connectivity index (χ4n) is 1.47. The number of methoxy groups -OCH3 is 1. The molecular formula is C11H16BrNO3S2. The molecule has 7 heteroatoms. The highest BCUT2D eigenvalue weighted by Gasteiger charge is 2.26. The molecule has 102 valence electrons. The first-order valence-corrected chi connectivity index (χ1v) is 8.34. The van der Waals surface area contributed by atoms with Crippen LogP contribution in [0.15, 0.2) is 27.4 Å². The van der Waals surface area contributed by atoms with Crippen molar-refractivity contribution in [3.63, 3.8) is 0 Å². The monoisotopic (exact) mass is 353 g/mol. The maximum Gasteiger partial charge on any atom is 0.244 e. The zero-order valence-electron chi connectivity index (χ0n) is 10.3. The zero-order valence-corrected chi connectivity index (χ0v) is 13.6. The molecule has 0 spiro atoms. The van der Waals surface area contributed by atoms with E-state index in [1.807, 2.05) is 0 Å². The molecule has 0 radical (unpaired) electrons. The molecule has 0 bridgehead atoms. The van der Waals surface area contributed by atoms with Crippen molar-refractivity contribution in [1.82, 2.24) is 4.31 Å². The molecule has 0 N–H and O–H groups in total. The molecule has 0 aromatic carbocycles. The summed E-state index contributed by atoms with van der Waals surface area (Å²) in [5.74, 6) is 0. The minimum absolute atomic E-state index is 0.276. The van der Waals surface area contributed by atoms with Gasteiger partial charge in [0.2, 0.25) is 10.0 Å². The van der Waals surface area contributed by atoms with Crippen LogP contribution in [0.3, 0.4) is 0 Å². The maximum absolute atomic E-state index is 12.5.